The Morgan fingerprint density at radius 1 is 1.14 bits per heavy atom. The largest absolute Gasteiger partial charge is 0.359 e. The van der Waals surface area contributed by atoms with Gasteiger partial charge in [0.05, 0.1) is 11.5 Å². The Morgan fingerprint density at radius 3 is 2.29 bits per heavy atom. The molecular formula is C16H25N3O2. The molecule has 0 spiro atoms. The predicted molar refractivity (Wildman–Crippen MR) is 79.1 cm³/mol. The minimum atomic E-state index is -0.857. The summed E-state index contributed by atoms with van der Waals surface area (Å²) in [7, 11) is 1.63. The molecule has 0 aromatic heterocycles. The maximum absolute atomic E-state index is 12.9. The third-order valence-corrected chi connectivity index (χ3v) is 5.12. The normalized spacial score (nSPS) is 28.5. The number of likely N-dealkylation sites (tertiary alicyclic amines) is 1. The van der Waals surface area contributed by atoms with Crippen molar-refractivity contribution in [3.05, 3.63) is 0 Å². The quantitative estimate of drug-likeness (QED) is 0.789. The van der Waals surface area contributed by atoms with Gasteiger partial charge in [0.15, 0.2) is 0 Å². The first-order valence-corrected chi connectivity index (χ1v) is 7.90. The summed E-state index contributed by atoms with van der Waals surface area (Å²) in [5, 5.41) is 12.3. The van der Waals surface area contributed by atoms with Crippen molar-refractivity contribution in [1.29, 1.82) is 5.26 Å². The molecule has 1 atom stereocenters. The highest BCUT2D eigenvalue weighted by Crippen LogP contribution is 2.39. The van der Waals surface area contributed by atoms with E-state index in [1.54, 1.807) is 11.9 Å². The summed E-state index contributed by atoms with van der Waals surface area (Å²) < 4.78 is 0. The Balaban J connectivity index is 2.13. The van der Waals surface area contributed by atoms with Gasteiger partial charge in [-0.2, -0.15) is 5.26 Å². The van der Waals surface area contributed by atoms with Crippen LogP contribution in [0.4, 0.5) is 0 Å². The van der Waals surface area contributed by atoms with Crippen molar-refractivity contribution in [1.82, 2.24) is 10.2 Å². The number of nitrogens with zero attached hydrogens (tertiary/aromatic N) is 2. The zero-order valence-electron chi connectivity index (χ0n) is 13.1. The van der Waals surface area contributed by atoms with E-state index in [0.29, 0.717) is 32.4 Å². The molecular weight excluding hydrogens is 266 g/mol. The maximum atomic E-state index is 12.9. The van der Waals surface area contributed by atoms with E-state index >= 15 is 0 Å². The standard InChI is InChI=1S/C16H25N3O2/c1-15(13(20)18-2)9-10-19(12-15)14(21)16(11-17)7-5-3-4-6-8-16/h3-10,12H2,1-2H3,(H,18,20). The highest BCUT2D eigenvalue weighted by molar-refractivity contribution is 5.88. The smallest absolute Gasteiger partial charge is 0.243 e. The summed E-state index contributed by atoms with van der Waals surface area (Å²) in [4.78, 5) is 26.6. The number of nitriles is 1. The number of carbonyl (C=O) groups excluding carboxylic acids is 2. The topological polar surface area (TPSA) is 73.2 Å². The fourth-order valence-electron chi connectivity index (χ4n) is 3.63. The number of nitrogens with one attached hydrogen (secondary N) is 1. The molecule has 0 aromatic carbocycles. The van der Waals surface area contributed by atoms with Crippen LogP contribution < -0.4 is 5.32 Å². The van der Waals surface area contributed by atoms with Crippen LogP contribution in [-0.4, -0.2) is 36.9 Å². The van der Waals surface area contributed by atoms with Crippen LogP contribution in [0.25, 0.3) is 0 Å². The zero-order chi connectivity index (χ0) is 15.5. The van der Waals surface area contributed by atoms with Gasteiger partial charge < -0.3 is 10.2 Å². The summed E-state index contributed by atoms with van der Waals surface area (Å²) in [6.45, 7) is 2.90. The van der Waals surface area contributed by atoms with Crippen LogP contribution in [0.1, 0.15) is 51.9 Å². The van der Waals surface area contributed by atoms with E-state index in [2.05, 4.69) is 11.4 Å². The highest BCUT2D eigenvalue weighted by Gasteiger charge is 2.47. The fraction of sp³-hybridized carbons (Fsp3) is 0.812. The van der Waals surface area contributed by atoms with Crippen LogP contribution >= 0.6 is 0 Å². The molecule has 1 N–H and O–H groups in total. The molecule has 1 aliphatic heterocycles. The molecule has 2 fully saturated rings. The van der Waals surface area contributed by atoms with Crippen molar-refractivity contribution in [3.8, 4) is 6.07 Å². The van der Waals surface area contributed by atoms with Crippen molar-refractivity contribution in [2.24, 2.45) is 10.8 Å². The second kappa shape index (κ2) is 6.05. The third kappa shape index (κ3) is 2.90. The Morgan fingerprint density at radius 2 is 1.76 bits per heavy atom. The Hall–Kier alpha value is -1.57. The van der Waals surface area contributed by atoms with E-state index in [1.807, 2.05) is 6.92 Å². The van der Waals surface area contributed by atoms with Crippen molar-refractivity contribution < 1.29 is 9.59 Å². The number of hydrogen-bond donors (Lipinski definition) is 1. The molecule has 1 saturated carbocycles. The Kier molecular flexibility index (Phi) is 4.55. The van der Waals surface area contributed by atoms with Gasteiger partial charge >= 0.3 is 0 Å². The fourth-order valence-corrected chi connectivity index (χ4v) is 3.63. The Labute approximate surface area is 126 Å². The molecule has 0 aromatic rings. The van der Waals surface area contributed by atoms with Crippen LogP contribution in [0.5, 0.6) is 0 Å². The van der Waals surface area contributed by atoms with Crippen LogP contribution in [0.15, 0.2) is 0 Å². The van der Waals surface area contributed by atoms with E-state index in [9.17, 15) is 14.9 Å². The van der Waals surface area contributed by atoms with Crippen LogP contribution in [-0.2, 0) is 9.59 Å². The van der Waals surface area contributed by atoms with Gasteiger partial charge in [-0.05, 0) is 26.2 Å². The monoisotopic (exact) mass is 291 g/mol. The minimum Gasteiger partial charge on any atom is -0.359 e. The first-order chi connectivity index (χ1) is 9.97. The molecule has 2 aliphatic rings. The number of amides is 2. The summed E-state index contributed by atoms with van der Waals surface area (Å²) in [6, 6.07) is 2.31. The lowest BCUT2D eigenvalue weighted by molar-refractivity contribution is -0.139. The van der Waals surface area contributed by atoms with Crippen LogP contribution in [0, 0.1) is 22.2 Å². The molecule has 5 heteroatoms. The van der Waals surface area contributed by atoms with Crippen LogP contribution in [0.2, 0.25) is 0 Å². The zero-order valence-corrected chi connectivity index (χ0v) is 13.1. The lowest BCUT2D eigenvalue weighted by Gasteiger charge is -2.30. The van der Waals surface area contributed by atoms with E-state index in [-0.39, 0.29) is 11.8 Å². The molecule has 0 bridgehead atoms. The van der Waals surface area contributed by atoms with Gasteiger partial charge in [-0.1, -0.05) is 25.7 Å². The van der Waals surface area contributed by atoms with E-state index in [0.717, 1.165) is 25.7 Å². The molecule has 116 valence electrons. The van der Waals surface area contributed by atoms with E-state index in [4.69, 9.17) is 0 Å². The van der Waals surface area contributed by atoms with E-state index in [1.165, 1.54) is 0 Å². The molecule has 2 amide bonds. The first-order valence-electron chi connectivity index (χ1n) is 7.90. The Bertz CT molecular complexity index is 461. The highest BCUT2D eigenvalue weighted by atomic mass is 16.2. The molecule has 5 nitrogen and oxygen atoms in total. The SMILES string of the molecule is CNC(=O)C1(C)CCN(C(=O)C2(C#N)CCCCCC2)C1. The lowest BCUT2D eigenvalue weighted by atomic mass is 9.80. The molecule has 1 heterocycles. The molecule has 0 radical (unpaired) electrons. The number of carbonyl (C=O) groups is 2. The molecule has 1 unspecified atom stereocenters. The number of rotatable bonds is 2. The molecule has 1 aliphatic carbocycles. The van der Waals surface area contributed by atoms with Crippen molar-refractivity contribution in [2.45, 2.75) is 51.9 Å². The summed E-state index contributed by atoms with van der Waals surface area (Å²) in [5.74, 6) is -0.0794. The van der Waals surface area contributed by atoms with E-state index < -0.39 is 10.8 Å². The van der Waals surface area contributed by atoms with Gasteiger partial charge in [0.2, 0.25) is 11.8 Å². The minimum absolute atomic E-state index is 0.0234. The van der Waals surface area contributed by atoms with Crippen molar-refractivity contribution in [2.75, 3.05) is 20.1 Å². The van der Waals surface area contributed by atoms with Gasteiger partial charge in [0, 0.05) is 20.1 Å². The second-order valence-corrected chi connectivity index (χ2v) is 6.72. The van der Waals surface area contributed by atoms with Crippen molar-refractivity contribution in [3.63, 3.8) is 0 Å². The molecule has 2 rings (SSSR count). The average molecular weight is 291 g/mol. The summed E-state index contributed by atoms with van der Waals surface area (Å²) in [6.07, 6.45) is 6.09. The van der Waals surface area contributed by atoms with Crippen LogP contribution in [0.3, 0.4) is 0 Å². The average Bonchev–Trinajstić information content (AvgIpc) is 2.75. The second-order valence-electron chi connectivity index (χ2n) is 6.72. The van der Waals surface area contributed by atoms with Gasteiger partial charge in [-0.15, -0.1) is 0 Å². The molecule has 21 heavy (non-hydrogen) atoms. The van der Waals surface area contributed by atoms with Crippen molar-refractivity contribution >= 4 is 11.8 Å². The summed E-state index contributed by atoms with van der Waals surface area (Å²) >= 11 is 0. The predicted octanol–water partition coefficient (Wildman–Crippen LogP) is 1.84. The molecule has 1 saturated heterocycles. The maximum Gasteiger partial charge on any atom is 0.243 e. The number of hydrogen-bond acceptors (Lipinski definition) is 3. The third-order valence-electron chi connectivity index (χ3n) is 5.12. The van der Waals surface area contributed by atoms with Gasteiger partial charge in [-0.3, -0.25) is 9.59 Å². The first kappa shape index (κ1) is 15.8. The summed E-state index contributed by atoms with van der Waals surface area (Å²) in [5.41, 5.74) is -1.38. The van der Waals surface area contributed by atoms with Gasteiger partial charge in [0.25, 0.3) is 0 Å². The lowest BCUT2D eigenvalue weighted by Crippen LogP contribution is -2.45. The van der Waals surface area contributed by atoms with Gasteiger partial charge in [-0.25, -0.2) is 0 Å². The van der Waals surface area contributed by atoms with Gasteiger partial charge in [0.1, 0.15) is 5.41 Å².